The van der Waals surface area contributed by atoms with Crippen LogP contribution in [0.15, 0.2) is 29.3 Å². The summed E-state index contributed by atoms with van der Waals surface area (Å²) in [6.07, 6.45) is 2.14. The van der Waals surface area contributed by atoms with E-state index >= 15 is 0 Å². The lowest BCUT2D eigenvalue weighted by Crippen LogP contribution is -2.43. The van der Waals surface area contributed by atoms with Gasteiger partial charge >= 0.3 is 0 Å². The lowest BCUT2D eigenvalue weighted by Gasteiger charge is -2.28. The van der Waals surface area contributed by atoms with Crippen LogP contribution < -0.4 is 15.5 Å². The molecule has 0 spiro atoms. The van der Waals surface area contributed by atoms with Crippen LogP contribution in [-0.2, 0) is 11.3 Å². The van der Waals surface area contributed by atoms with E-state index in [1.165, 1.54) is 11.3 Å². The second-order valence-electron chi connectivity index (χ2n) is 6.78. The van der Waals surface area contributed by atoms with E-state index in [4.69, 9.17) is 9.73 Å². The van der Waals surface area contributed by atoms with Crippen molar-refractivity contribution in [2.75, 3.05) is 50.5 Å². The van der Waals surface area contributed by atoms with Crippen molar-refractivity contribution < 1.29 is 4.74 Å². The molecule has 1 aromatic carbocycles. The number of benzene rings is 1. The molecule has 1 fully saturated rings. The molecule has 2 rings (SSSR count). The molecule has 0 aliphatic carbocycles. The number of hydrogen-bond acceptors (Lipinski definition) is 4. The van der Waals surface area contributed by atoms with Crippen LogP contribution in [0.4, 0.5) is 5.69 Å². The van der Waals surface area contributed by atoms with Gasteiger partial charge in [-0.3, -0.25) is 0 Å². The Labute approximate surface area is 179 Å². The number of rotatable bonds is 7. The van der Waals surface area contributed by atoms with Crippen LogP contribution in [0.3, 0.4) is 0 Å². The van der Waals surface area contributed by atoms with E-state index in [0.717, 1.165) is 45.4 Å². The smallest absolute Gasteiger partial charge is 0.191 e. The van der Waals surface area contributed by atoms with Gasteiger partial charge in [0.1, 0.15) is 0 Å². The third-order valence-corrected chi connectivity index (χ3v) is 5.56. The third kappa shape index (κ3) is 7.92. The van der Waals surface area contributed by atoms with E-state index < -0.39 is 0 Å². The van der Waals surface area contributed by atoms with Crippen molar-refractivity contribution in [2.45, 2.75) is 32.1 Å². The number of anilines is 1. The number of hydrogen-bond donors (Lipinski definition) is 2. The van der Waals surface area contributed by atoms with Gasteiger partial charge in [0, 0.05) is 36.6 Å². The Balaban J connectivity index is 0.00000338. The normalized spacial score (nSPS) is 15.4. The number of halogens is 1. The first-order valence-electron chi connectivity index (χ1n) is 9.03. The van der Waals surface area contributed by atoms with Gasteiger partial charge in [-0.2, -0.15) is 11.8 Å². The minimum atomic E-state index is 0. The first-order valence-corrected chi connectivity index (χ1v) is 10.3. The van der Waals surface area contributed by atoms with Crippen LogP contribution in [0.1, 0.15) is 26.3 Å². The molecule has 1 heterocycles. The second-order valence-corrected chi connectivity index (χ2v) is 8.29. The zero-order chi connectivity index (χ0) is 18.1. The molecule has 148 valence electrons. The Morgan fingerprint density at radius 3 is 2.42 bits per heavy atom. The highest BCUT2D eigenvalue weighted by Gasteiger charge is 2.16. The van der Waals surface area contributed by atoms with Gasteiger partial charge in [0.15, 0.2) is 5.96 Å². The van der Waals surface area contributed by atoms with Crippen molar-refractivity contribution in [1.29, 1.82) is 0 Å². The van der Waals surface area contributed by atoms with E-state index in [2.05, 4.69) is 66.8 Å². The predicted molar refractivity (Wildman–Crippen MR) is 125 cm³/mol. The molecule has 5 nitrogen and oxygen atoms in total. The summed E-state index contributed by atoms with van der Waals surface area (Å²) in [6.45, 7) is 12.6. The SMILES string of the molecule is CCNC(=NCc1ccc(N2CCOCC2)cc1)NCC(C)(C)SC.I. The standard InChI is InChI=1S/C19H32N4OS.HI/c1-5-20-18(22-15-19(2,3)25-4)21-14-16-6-8-17(9-7-16)23-10-12-24-13-11-23;/h6-9H,5,10-15H2,1-4H3,(H2,20,21,22);1H. The third-order valence-electron chi connectivity index (χ3n) is 4.31. The molecule has 0 bridgehead atoms. The Kier molecular flexibility index (Phi) is 10.7. The second kappa shape index (κ2) is 11.9. The molecule has 1 saturated heterocycles. The van der Waals surface area contributed by atoms with E-state index in [9.17, 15) is 0 Å². The van der Waals surface area contributed by atoms with Crippen LogP contribution in [0, 0.1) is 0 Å². The number of thioether (sulfide) groups is 1. The fourth-order valence-corrected chi connectivity index (χ4v) is 2.73. The lowest BCUT2D eigenvalue weighted by molar-refractivity contribution is 0.122. The van der Waals surface area contributed by atoms with E-state index in [-0.39, 0.29) is 28.7 Å². The van der Waals surface area contributed by atoms with Gasteiger partial charge in [0.2, 0.25) is 0 Å². The minimum Gasteiger partial charge on any atom is -0.378 e. The highest BCUT2D eigenvalue weighted by Crippen LogP contribution is 2.19. The number of morpholine rings is 1. The molecule has 1 aromatic rings. The Morgan fingerprint density at radius 2 is 1.85 bits per heavy atom. The summed E-state index contributed by atoms with van der Waals surface area (Å²) in [5.74, 6) is 0.877. The average Bonchev–Trinajstić information content (AvgIpc) is 2.65. The van der Waals surface area contributed by atoms with Gasteiger partial charge in [-0.05, 0) is 44.7 Å². The molecule has 1 aliphatic heterocycles. The fourth-order valence-electron chi connectivity index (χ4n) is 2.51. The fraction of sp³-hybridized carbons (Fsp3) is 0.632. The molecule has 0 radical (unpaired) electrons. The summed E-state index contributed by atoms with van der Waals surface area (Å²) in [5.41, 5.74) is 2.49. The van der Waals surface area contributed by atoms with Gasteiger partial charge in [-0.1, -0.05) is 12.1 Å². The minimum absolute atomic E-state index is 0. The van der Waals surface area contributed by atoms with Crippen molar-refractivity contribution in [3.8, 4) is 0 Å². The highest BCUT2D eigenvalue weighted by atomic mass is 127. The summed E-state index contributed by atoms with van der Waals surface area (Å²) in [4.78, 5) is 7.08. The maximum absolute atomic E-state index is 5.41. The molecule has 1 aliphatic rings. The monoisotopic (exact) mass is 492 g/mol. The number of nitrogens with one attached hydrogen (secondary N) is 2. The molecule has 26 heavy (non-hydrogen) atoms. The number of ether oxygens (including phenoxy) is 1. The van der Waals surface area contributed by atoms with Crippen LogP contribution in [-0.4, -0.2) is 56.4 Å². The van der Waals surface area contributed by atoms with E-state index in [1.54, 1.807) is 0 Å². The summed E-state index contributed by atoms with van der Waals surface area (Å²) in [7, 11) is 0. The Morgan fingerprint density at radius 1 is 1.19 bits per heavy atom. The quantitative estimate of drug-likeness (QED) is 0.348. The maximum atomic E-state index is 5.41. The van der Waals surface area contributed by atoms with Gasteiger partial charge in [-0.25, -0.2) is 4.99 Å². The lowest BCUT2D eigenvalue weighted by atomic mass is 10.2. The zero-order valence-electron chi connectivity index (χ0n) is 16.4. The average molecular weight is 492 g/mol. The molecule has 0 saturated carbocycles. The van der Waals surface area contributed by atoms with Crippen LogP contribution in [0.25, 0.3) is 0 Å². The van der Waals surface area contributed by atoms with E-state index in [0.29, 0.717) is 6.54 Å². The molecular formula is C19H33IN4OS. The van der Waals surface area contributed by atoms with Crippen molar-refractivity contribution >= 4 is 47.4 Å². The molecule has 0 amide bonds. The van der Waals surface area contributed by atoms with Crippen molar-refractivity contribution in [2.24, 2.45) is 4.99 Å². The summed E-state index contributed by atoms with van der Waals surface area (Å²) in [6, 6.07) is 8.72. The summed E-state index contributed by atoms with van der Waals surface area (Å²) in [5, 5.41) is 6.76. The van der Waals surface area contributed by atoms with Crippen molar-refractivity contribution in [3.63, 3.8) is 0 Å². The van der Waals surface area contributed by atoms with Crippen LogP contribution in [0.2, 0.25) is 0 Å². The van der Waals surface area contributed by atoms with Crippen molar-refractivity contribution in [1.82, 2.24) is 10.6 Å². The Hall–Kier alpha value is -0.670. The van der Waals surface area contributed by atoms with Crippen molar-refractivity contribution in [3.05, 3.63) is 29.8 Å². The molecule has 0 aromatic heterocycles. The summed E-state index contributed by atoms with van der Waals surface area (Å²) < 4.78 is 5.60. The van der Waals surface area contributed by atoms with Gasteiger partial charge in [-0.15, -0.1) is 24.0 Å². The van der Waals surface area contributed by atoms with Gasteiger partial charge < -0.3 is 20.3 Å². The molecular weight excluding hydrogens is 459 g/mol. The molecule has 0 atom stereocenters. The number of nitrogens with zero attached hydrogens (tertiary/aromatic N) is 2. The maximum Gasteiger partial charge on any atom is 0.191 e. The largest absolute Gasteiger partial charge is 0.378 e. The predicted octanol–water partition coefficient (Wildman–Crippen LogP) is 3.34. The van der Waals surface area contributed by atoms with Crippen LogP contribution >= 0.6 is 35.7 Å². The van der Waals surface area contributed by atoms with E-state index in [1.807, 2.05) is 11.8 Å². The van der Waals surface area contributed by atoms with Gasteiger partial charge in [0.25, 0.3) is 0 Å². The number of guanidine groups is 1. The highest BCUT2D eigenvalue weighted by molar-refractivity contribution is 14.0. The number of aliphatic imine (C=N–C) groups is 1. The zero-order valence-corrected chi connectivity index (χ0v) is 19.5. The van der Waals surface area contributed by atoms with Gasteiger partial charge in [0.05, 0.1) is 19.8 Å². The Bertz CT molecular complexity index is 545. The topological polar surface area (TPSA) is 48.9 Å². The van der Waals surface area contributed by atoms with Crippen LogP contribution in [0.5, 0.6) is 0 Å². The summed E-state index contributed by atoms with van der Waals surface area (Å²) >= 11 is 1.86. The molecule has 7 heteroatoms. The first kappa shape index (κ1) is 23.4. The molecule has 0 unspecified atom stereocenters. The first-order chi connectivity index (χ1) is 12.0. The molecule has 2 N–H and O–H groups in total.